The molecule has 22 heavy (non-hydrogen) atoms. The zero-order chi connectivity index (χ0) is 16.1. The first-order chi connectivity index (χ1) is 10.5. The molecular weight excluding hydrogens is 272 g/mol. The fourth-order valence-electron chi connectivity index (χ4n) is 2.38. The van der Waals surface area contributed by atoms with Crippen LogP contribution in [0.4, 0.5) is 5.69 Å². The average Bonchev–Trinajstić information content (AvgIpc) is 2.47. The van der Waals surface area contributed by atoms with Gasteiger partial charge in [-0.3, -0.25) is 4.79 Å². The van der Waals surface area contributed by atoms with Crippen molar-refractivity contribution in [1.82, 2.24) is 4.90 Å². The number of carbonyl (C=O) groups excluding carboxylic acids is 1. The Bertz CT molecular complexity index is 632. The average molecular weight is 296 g/mol. The molecule has 0 aliphatic carbocycles. The van der Waals surface area contributed by atoms with E-state index in [0.717, 1.165) is 11.1 Å². The highest BCUT2D eigenvalue weighted by Gasteiger charge is 2.10. The molecule has 2 rings (SSSR count). The Labute approximate surface area is 132 Å². The number of hydrogen-bond acceptors (Lipinski definition) is 2. The third-order valence-electron chi connectivity index (χ3n) is 3.80. The van der Waals surface area contributed by atoms with Crippen LogP contribution in [0.15, 0.2) is 48.5 Å². The summed E-state index contributed by atoms with van der Waals surface area (Å²) in [5, 5.41) is 0. The molecule has 0 heterocycles. The lowest BCUT2D eigenvalue weighted by Gasteiger charge is -2.18. The maximum Gasteiger partial charge on any atom is 0.227 e. The van der Waals surface area contributed by atoms with Gasteiger partial charge in [-0.15, -0.1) is 0 Å². The minimum absolute atomic E-state index is 0.0959. The minimum atomic E-state index is 0.0959. The topological polar surface area (TPSA) is 46.3 Å². The van der Waals surface area contributed by atoms with E-state index in [1.807, 2.05) is 31.3 Å². The molecular formula is C19H24N2O. The van der Waals surface area contributed by atoms with Gasteiger partial charge in [-0.25, -0.2) is 0 Å². The summed E-state index contributed by atoms with van der Waals surface area (Å²) in [6, 6.07) is 15.9. The molecule has 0 radical (unpaired) electrons. The van der Waals surface area contributed by atoms with Crippen LogP contribution in [0.5, 0.6) is 0 Å². The van der Waals surface area contributed by atoms with Gasteiger partial charge in [0.15, 0.2) is 0 Å². The van der Waals surface area contributed by atoms with E-state index in [9.17, 15) is 4.79 Å². The smallest absolute Gasteiger partial charge is 0.227 e. The number of likely N-dealkylation sites (N-methyl/N-ethyl adjacent to an activating group) is 1. The molecule has 0 bridgehead atoms. The van der Waals surface area contributed by atoms with E-state index in [1.54, 1.807) is 4.90 Å². The summed E-state index contributed by atoms with van der Waals surface area (Å²) in [7, 11) is 1.84. The van der Waals surface area contributed by atoms with Crippen molar-refractivity contribution in [3.8, 4) is 0 Å². The van der Waals surface area contributed by atoms with E-state index < -0.39 is 0 Å². The van der Waals surface area contributed by atoms with Crippen LogP contribution in [-0.2, 0) is 17.8 Å². The van der Waals surface area contributed by atoms with Crippen molar-refractivity contribution >= 4 is 11.6 Å². The highest BCUT2D eigenvalue weighted by atomic mass is 16.2. The first kappa shape index (κ1) is 16.1. The van der Waals surface area contributed by atoms with Crippen LogP contribution in [0, 0.1) is 0 Å². The summed E-state index contributed by atoms with van der Waals surface area (Å²) in [5.41, 5.74) is 9.85. The van der Waals surface area contributed by atoms with Gasteiger partial charge in [0.05, 0.1) is 6.42 Å². The van der Waals surface area contributed by atoms with Crippen molar-refractivity contribution in [2.24, 2.45) is 0 Å². The number of benzene rings is 2. The lowest BCUT2D eigenvalue weighted by atomic mass is 10.0. The number of nitrogens with two attached hydrogens (primary N) is 1. The largest absolute Gasteiger partial charge is 0.399 e. The second-order valence-electron chi connectivity index (χ2n) is 6.07. The normalized spacial score (nSPS) is 10.7. The van der Waals surface area contributed by atoms with Crippen molar-refractivity contribution in [2.75, 3.05) is 12.8 Å². The van der Waals surface area contributed by atoms with Gasteiger partial charge in [0.25, 0.3) is 0 Å². The van der Waals surface area contributed by atoms with Gasteiger partial charge in [0.2, 0.25) is 5.91 Å². The summed E-state index contributed by atoms with van der Waals surface area (Å²) in [6.45, 7) is 4.98. The van der Waals surface area contributed by atoms with Crippen molar-refractivity contribution in [1.29, 1.82) is 0 Å². The third-order valence-corrected chi connectivity index (χ3v) is 3.80. The lowest BCUT2D eigenvalue weighted by molar-refractivity contribution is -0.129. The molecule has 0 unspecified atom stereocenters. The van der Waals surface area contributed by atoms with E-state index >= 15 is 0 Å². The number of carbonyl (C=O) groups is 1. The summed E-state index contributed by atoms with van der Waals surface area (Å²) >= 11 is 0. The molecule has 0 spiro atoms. The molecule has 0 aromatic heterocycles. The summed E-state index contributed by atoms with van der Waals surface area (Å²) in [5.74, 6) is 0.621. The monoisotopic (exact) mass is 296 g/mol. The van der Waals surface area contributed by atoms with Crippen molar-refractivity contribution in [2.45, 2.75) is 32.7 Å². The zero-order valence-corrected chi connectivity index (χ0v) is 13.5. The Hall–Kier alpha value is -2.29. The van der Waals surface area contributed by atoms with E-state index in [-0.39, 0.29) is 5.91 Å². The zero-order valence-electron chi connectivity index (χ0n) is 13.5. The van der Waals surface area contributed by atoms with Crippen molar-refractivity contribution in [3.05, 3.63) is 65.2 Å². The predicted molar refractivity (Wildman–Crippen MR) is 91.6 cm³/mol. The van der Waals surface area contributed by atoms with Gasteiger partial charge >= 0.3 is 0 Å². The maximum atomic E-state index is 12.3. The molecule has 0 aliphatic heterocycles. The number of rotatable bonds is 5. The molecule has 0 aliphatic rings. The van der Waals surface area contributed by atoms with Crippen LogP contribution in [-0.4, -0.2) is 17.9 Å². The number of nitrogen functional groups attached to an aromatic ring is 1. The van der Waals surface area contributed by atoms with Gasteiger partial charge in [0, 0.05) is 19.3 Å². The Morgan fingerprint density at radius 2 is 1.77 bits per heavy atom. The van der Waals surface area contributed by atoms with Gasteiger partial charge in [-0.2, -0.15) is 0 Å². The number of hydrogen-bond donors (Lipinski definition) is 1. The van der Waals surface area contributed by atoms with Crippen LogP contribution in [0.3, 0.4) is 0 Å². The predicted octanol–water partition coefficient (Wildman–Crippen LogP) is 3.59. The molecule has 0 saturated heterocycles. The molecule has 3 heteroatoms. The molecule has 0 fully saturated rings. The Balaban J connectivity index is 1.96. The van der Waals surface area contributed by atoms with E-state index in [0.29, 0.717) is 24.6 Å². The fraction of sp³-hybridized carbons (Fsp3) is 0.316. The Morgan fingerprint density at radius 3 is 2.36 bits per heavy atom. The standard InChI is InChI=1S/C19H24N2O/c1-14(2)17-9-7-15(8-10-17)13-21(3)19(22)12-16-5-4-6-18(20)11-16/h4-11,14H,12-13,20H2,1-3H3. The van der Waals surface area contributed by atoms with Crippen molar-refractivity contribution in [3.63, 3.8) is 0 Å². The summed E-state index contributed by atoms with van der Waals surface area (Å²) in [6.07, 6.45) is 0.381. The van der Waals surface area contributed by atoms with Crippen LogP contribution in [0.25, 0.3) is 0 Å². The highest BCUT2D eigenvalue weighted by Crippen LogP contribution is 2.16. The molecule has 2 aromatic carbocycles. The second-order valence-corrected chi connectivity index (χ2v) is 6.07. The SMILES string of the molecule is CC(C)c1ccc(CN(C)C(=O)Cc2cccc(N)c2)cc1. The van der Waals surface area contributed by atoms with Crippen LogP contribution in [0.2, 0.25) is 0 Å². The number of nitrogens with zero attached hydrogens (tertiary/aromatic N) is 1. The summed E-state index contributed by atoms with van der Waals surface area (Å²) < 4.78 is 0. The van der Waals surface area contributed by atoms with E-state index in [1.165, 1.54) is 5.56 Å². The molecule has 2 aromatic rings. The maximum absolute atomic E-state index is 12.3. The van der Waals surface area contributed by atoms with Gasteiger partial charge in [-0.1, -0.05) is 50.2 Å². The van der Waals surface area contributed by atoms with Crippen molar-refractivity contribution < 1.29 is 4.79 Å². The van der Waals surface area contributed by atoms with Crippen LogP contribution in [0.1, 0.15) is 36.5 Å². The van der Waals surface area contributed by atoms with Gasteiger partial charge in [-0.05, 0) is 34.7 Å². The minimum Gasteiger partial charge on any atom is -0.399 e. The number of amides is 1. The number of anilines is 1. The summed E-state index contributed by atoms with van der Waals surface area (Å²) in [4.78, 5) is 14.0. The quantitative estimate of drug-likeness (QED) is 0.857. The highest BCUT2D eigenvalue weighted by molar-refractivity contribution is 5.78. The Kier molecular flexibility index (Phi) is 5.21. The first-order valence-corrected chi connectivity index (χ1v) is 7.63. The second kappa shape index (κ2) is 7.12. The molecule has 3 nitrogen and oxygen atoms in total. The van der Waals surface area contributed by atoms with E-state index in [2.05, 4.69) is 38.1 Å². The van der Waals surface area contributed by atoms with Crippen LogP contribution < -0.4 is 5.73 Å². The van der Waals surface area contributed by atoms with Gasteiger partial charge < -0.3 is 10.6 Å². The molecule has 0 atom stereocenters. The van der Waals surface area contributed by atoms with Crippen LogP contribution >= 0.6 is 0 Å². The van der Waals surface area contributed by atoms with Gasteiger partial charge in [0.1, 0.15) is 0 Å². The first-order valence-electron chi connectivity index (χ1n) is 7.63. The molecule has 0 saturated carbocycles. The Morgan fingerprint density at radius 1 is 1.09 bits per heavy atom. The lowest BCUT2D eigenvalue weighted by Crippen LogP contribution is -2.27. The molecule has 2 N–H and O–H groups in total. The third kappa shape index (κ3) is 4.35. The van der Waals surface area contributed by atoms with E-state index in [4.69, 9.17) is 5.73 Å². The molecule has 1 amide bonds. The molecule has 116 valence electrons. The fourth-order valence-corrected chi connectivity index (χ4v) is 2.38.